The number of hydrogen-bond donors (Lipinski definition) is 1. The smallest absolute Gasteiger partial charge is 0.238 e. The highest BCUT2D eigenvalue weighted by molar-refractivity contribution is 6.30. The van der Waals surface area contributed by atoms with Gasteiger partial charge in [0.25, 0.3) is 0 Å². The van der Waals surface area contributed by atoms with Crippen LogP contribution < -0.4 is 5.32 Å². The first-order valence-corrected chi connectivity index (χ1v) is 8.92. The fourth-order valence-corrected chi connectivity index (χ4v) is 3.32. The van der Waals surface area contributed by atoms with Crippen LogP contribution >= 0.6 is 11.6 Å². The fourth-order valence-electron chi connectivity index (χ4n) is 3.16. The van der Waals surface area contributed by atoms with Crippen molar-refractivity contribution >= 4 is 23.2 Å². The normalized spacial score (nSPS) is 16.1. The summed E-state index contributed by atoms with van der Waals surface area (Å²) in [6, 6.07) is 6.18. The number of nitrogens with one attached hydrogen (secondary N) is 1. The van der Waals surface area contributed by atoms with Crippen LogP contribution in [-0.2, 0) is 11.3 Å². The second-order valence-electron chi connectivity index (χ2n) is 6.45. The number of aromatic nitrogens is 2. The highest BCUT2D eigenvalue weighted by atomic mass is 35.5. The highest BCUT2D eigenvalue weighted by Crippen LogP contribution is 2.22. The lowest BCUT2D eigenvalue weighted by Gasteiger charge is -2.31. The van der Waals surface area contributed by atoms with E-state index >= 15 is 0 Å². The molecule has 3 rings (SSSR count). The zero-order valence-corrected chi connectivity index (χ0v) is 14.8. The van der Waals surface area contributed by atoms with Gasteiger partial charge in [0, 0.05) is 24.0 Å². The van der Waals surface area contributed by atoms with Crippen molar-refractivity contribution in [1.82, 2.24) is 14.7 Å². The average molecular weight is 365 g/mol. The second kappa shape index (κ2) is 8.45. The molecule has 1 saturated heterocycles. The molecule has 2 aromatic rings. The monoisotopic (exact) mass is 364 g/mol. The minimum absolute atomic E-state index is 0.170. The lowest BCUT2D eigenvalue weighted by molar-refractivity contribution is -0.117. The summed E-state index contributed by atoms with van der Waals surface area (Å²) in [5, 5.41) is 7.15. The van der Waals surface area contributed by atoms with Crippen molar-refractivity contribution < 1.29 is 9.18 Å². The molecule has 5 nitrogen and oxygen atoms in total. The van der Waals surface area contributed by atoms with Gasteiger partial charge in [-0.15, -0.1) is 0 Å². The third kappa shape index (κ3) is 5.28. The molecule has 2 heterocycles. The average Bonchev–Trinajstić information content (AvgIpc) is 3.10. The number of carbonyl (C=O) groups is 1. The summed E-state index contributed by atoms with van der Waals surface area (Å²) in [5.41, 5.74) is 0.170. The number of rotatable bonds is 6. The van der Waals surface area contributed by atoms with E-state index in [4.69, 9.17) is 11.6 Å². The lowest BCUT2D eigenvalue weighted by atomic mass is 9.93. The van der Waals surface area contributed by atoms with Crippen LogP contribution in [-0.4, -0.2) is 40.2 Å². The number of benzene rings is 1. The van der Waals surface area contributed by atoms with Gasteiger partial charge in [0.1, 0.15) is 5.82 Å². The number of likely N-dealkylation sites (tertiary alicyclic amines) is 1. The molecule has 1 fully saturated rings. The van der Waals surface area contributed by atoms with Crippen molar-refractivity contribution in [3.8, 4) is 0 Å². The van der Waals surface area contributed by atoms with Gasteiger partial charge in [-0.05, 0) is 62.5 Å². The Morgan fingerprint density at radius 3 is 2.84 bits per heavy atom. The topological polar surface area (TPSA) is 50.2 Å². The van der Waals surface area contributed by atoms with Crippen molar-refractivity contribution in [3.05, 3.63) is 47.5 Å². The molecule has 1 aliphatic rings. The second-order valence-corrected chi connectivity index (χ2v) is 6.89. The van der Waals surface area contributed by atoms with E-state index in [-0.39, 0.29) is 18.1 Å². The number of hydrogen-bond acceptors (Lipinski definition) is 3. The number of amides is 1. The van der Waals surface area contributed by atoms with Gasteiger partial charge in [-0.1, -0.05) is 11.6 Å². The molecule has 7 heteroatoms. The van der Waals surface area contributed by atoms with Crippen molar-refractivity contribution in [2.24, 2.45) is 5.92 Å². The van der Waals surface area contributed by atoms with E-state index in [0.717, 1.165) is 38.9 Å². The van der Waals surface area contributed by atoms with Crippen molar-refractivity contribution in [2.45, 2.75) is 25.8 Å². The van der Waals surface area contributed by atoms with Crippen LogP contribution in [0.3, 0.4) is 0 Å². The van der Waals surface area contributed by atoms with E-state index in [0.29, 0.717) is 10.9 Å². The number of nitrogens with zero attached hydrogens (tertiary/aromatic N) is 3. The predicted molar refractivity (Wildman–Crippen MR) is 96.0 cm³/mol. The molecule has 0 saturated carbocycles. The molecule has 25 heavy (non-hydrogen) atoms. The standard InChI is InChI=1S/C18H22ClFN4O/c19-15-2-3-17(16(20)12-15)22-18(25)13-23-9-4-14(5-10-23)6-11-24-8-1-7-21-24/h1-3,7-8,12,14H,4-6,9-11,13H2,(H,22,25). The molecule has 0 bridgehead atoms. The zero-order valence-electron chi connectivity index (χ0n) is 14.0. The van der Waals surface area contributed by atoms with Crippen molar-refractivity contribution in [3.63, 3.8) is 0 Å². The van der Waals surface area contributed by atoms with Crippen LogP contribution in [0.4, 0.5) is 10.1 Å². The summed E-state index contributed by atoms with van der Waals surface area (Å²) in [4.78, 5) is 14.2. The maximum Gasteiger partial charge on any atom is 0.238 e. The van der Waals surface area contributed by atoms with Crippen molar-refractivity contribution in [2.75, 3.05) is 25.0 Å². The molecule has 134 valence electrons. The van der Waals surface area contributed by atoms with Crippen LogP contribution in [0.5, 0.6) is 0 Å². The summed E-state index contributed by atoms with van der Waals surface area (Å²) in [5.74, 6) is -0.0494. The van der Waals surface area contributed by atoms with Gasteiger partial charge in [-0.25, -0.2) is 4.39 Å². The maximum absolute atomic E-state index is 13.7. The number of anilines is 1. The number of halogens is 2. The Bertz CT molecular complexity index is 699. The number of aryl methyl sites for hydroxylation is 1. The number of carbonyl (C=O) groups excluding carboxylic acids is 1. The summed E-state index contributed by atoms with van der Waals surface area (Å²) < 4.78 is 15.7. The number of piperidine rings is 1. The predicted octanol–water partition coefficient (Wildman–Crippen LogP) is 3.42. The van der Waals surface area contributed by atoms with Crippen molar-refractivity contribution in [1.29, 1.82) is 0 Å². The van der Waals surface area contributed by atoms with Crippen LogP contribution in [0.15, 0.2) is 36.7 Å². The van der Waals surface area contributed by atoms with Gasteiger partial charge in [0.15, 0.2) is 0 Å². The first-order valence-electron chi connectivity index (χ1n) is 8.55. The molecular formula is C18H22ClFN4O. The van der Waals surface area contributed by atoms with Crippen LogP contribution in [0.25, 0.3) is 0 Å². The Morgan fingerprint density at radius 2 is 2.16 bits per heavy atom. The Morgan fingerprint density at radius 1 is 1.36 bits per heavy atom. The molecule has 1 aromatic heterocycles. The first-order chi connectivity index (χ1) is 12.1. The van der Waals surface area contributed by atoms with E-state index in [1.165, 1.54) is 12.1 Å². The van der Waals surface area contributed by atoms with Crippen LogP contribution in [0, 0.1) is 11.7 Å². The Labute approximate surface area is 151 Å². The highest BCUT2D eigenvalue weighted by Gasteiger charge is 2.21. The summed E-state index contributed by atoms with van der Waals surface area (Å²) in [6.45, 7) is 3.00. The van der Waals surface area contributed by atoms with E-state index in [1.807, 2.05) is 16.9 Å². The quantitative estimate of drug-likeness (QED) is 0.854. The van der Waals surface area contributed by atoms with Gasteiger partial charge in [-0.2, -0.15) is 5.10 Å². The van der Waals surface area contributed by atoms with E-state index < -0.39 is 5.82 Å². The maximum atomic E-state index is 13.7. The largest absolute Gasteiger partial charge is 0.322 e. The molecule has 0 unspecified atom stereocenters. The minimum Gasteiger partial charge on any atom is -0.322 e. The fraction of sp³-hybridized carbons (Fsp3) is 0.444. The van der Waals surface area contributed by atoms with E-state index in [9.17, 15) is 9.18 Å². The third-order valence-electron chi connectivity index (χ3n) is 4.61. The van der Waals surface area contributed by atoms with Gasteiger partial charge >= 0.3 is 0 Å². The summed E-state index contributed by atoms with van der Waals surface area (Å²) >= 11 is 5.71. The van der Waals surface area contributed by atoms with Crippen LogP contribution in [0.2, 0.25) is 5.02 Å². The molecule has 1 aromatic carbocycles. The molecule has 1 amide bonds. The van der Waals surface area contributed by atoms with Gasteiger partial charge < -0.3 is 5.32 Å². The van der Waals surface area contributed by atoms with Gasteiger partial charge in [0.2, 0.25) is 5.91 Å². The molecule has 0 aliphatic carbocycles. The van der Waals surface area contributed by atoms with Gasteiger partial charge in [0.05, 0.1) is 12.2 Å². The molecule has 0 atom stereocenters. The van der Waals surface area contributed by atoms with Crippen LogP contribution in [0.1, 0.15) is 19.3 Å². The summed E-state index contributed by atoms with van der Waals surface area (Å²) in [7, 11) is 0. The Balaban J connectivity index is 1.40. The molecule has 1 aliphatic heterocycles. The summed E-state index contributed by atoms with van der Waals surface area (Å²) in [6.07, 6.45) is 7.03. The Kier molecular flexibility index (Phi) is 6.04. The Hall–Kier alpha value is -1.92. The van der Waals surface area contributed by atoms with E-state index in [2.05, 4.69) is 15.3 Å². The lowest BCUT2D eigenvalue weighted by Crippen LogP contribution is -2.39. The van der Waals surface area contributed by atoms with Gasteiger partial charge in [-0.3, -0.25) is 14.4 Å². The zero-order chi connectivity index (χ0) is 17.6. The SMILES string of the molecule is O=C(CN1CCC(CCn2cccn2)CC1)Nc1ccc(Cl)cc1F. The first kappa shape index (κ1) is 17.9. The minimum atomic E-state index is -0.516. The molecular weight excluding hydrogens is 343 g/mol. The third-order valence-corrected chi connectivity index (χ3v) is 4.84. The molecule has 0 radical (unpaired) electrons. The molecule has 0 spiro atoms. The van der Waals surface area contributed by atoms with E-state index in [1.54, 1.807) is 12.3 Å². The molecule has 1 N–H and O–H groups in total.